The monoisotopic (exact) mass is 319 g/mol. The Labute approximate surface area is 121 Å². The number of carboxylic acid groups (broad SMARTS) is 1. The van der Waals surface area contributed by atoms with Crippen molar-refractivity contribution in [1.29, 1.82) is 0 Å². The molecule has 110 valence electrons. The molecule has 1 fully saturated rings. The zero-order valence-electron chi connectivity index (χ0n) is 10.5. The van der Waals surface area contributed by atoms with Gasteiger partial charge < -0.3 is 10.2 Å². The number of carboxylic acids is 1. The molecule has 1 aromatic rings. The molecule has 8 heteroatoms. The molecule has 0 radical (unpaired) electrons. The van der Waals surface area contributed by atoms with Gasteiger partial charge in [0.2, 0.25) is 10.0 Å². The lowest BCUT2D eigenvalue weighted by Crippen LogP contribution is -2.37. The van der Waals surface area contributed by atoms with Crippen molar-refractivity contribution in [3.8, 4) is 0 Å². The molecular weight excluding hydrogens is 306 g/mol. The van der Waals surface area contributed by atoms with Crippen LogP contribution in [0.25, 0.3) is 0 Å². The minimum Gasteiger partial charge on any atom is -0.478 e. The van der Waals surface area contributed by atoms with Crippen molar-refractivity contribution in [1.82, 2.24) is 4.31 Å². The van der Waals surface area contributed by atoms with Gasteiger partial charge in [0.1, 0.15) is 0 Å². The highest BCUT2D eigenvalue weighted by atomic mass is 35.5. The maximum Gasteiger partial charge on any atom is 0.337 e. The Kier molecular flexibility index (Phi) is 4.33. The molecule has 1 aromatic carbocycles. The third kappa shape index (κ3) is 2.67. The van der Waals surface area contributed by atoms with E-state index < -0.39 is 22.0 Å². The summed E-state index contributed by atoms with van der Waals surface area (Å²) in [5.41, 5.74) is -0.147. The van der Waals surface area contributed by atoms with Crippen LogP contribution in [0, 0.1) is 0 Å². The van der Waals surface area contributed by atoms with E-state index in [9.17, 15) is 18.3 Å². The average molecular weight is 320 g/mol. The molecule has 1 atom stereocenters. The topological polar surface area (TPSA) is 94.9 Å². The maximum atomic E-state index is 12.4. The number of aromatic carboxylic acids is 1. The fourth-order valence-corrected chi connectivity index (χ4v) is 4.31. The van der Waals surface area contributed by atoms with Gasteiger partial charge in [0.25, 0.3) is 0 Å². The van der Waals surface area contributed by atoms with Gasteiger partial charge in [0.05, 0.1) is 22.1 Å². The van der Waals surface area contributed by atoms with Gasteiger partial charge >= 0.3 is 5.97 Å². The van der Waals surface area contributed by atoms with Crippen LogP contribution in [-0.2, 0) is 10.0 Å². The number of nitrogens with zero attached hydrogens (tertiary/aromatic N) is 1. The Morgan fingerprint density at radius 1 is 1.45 bits per heavy atom. The standard InChI is InChI=1S/C12H14ClNO5S/c13-11-6-9(3-4-10(11)12(16)17)20(18,19)14-5-1-2-8(14)7-15/h3-4,6,8,15H,1-2,5,7H2,(H,16,17). The van der Waals surface area contributed by atoms with Crippen LogP contribution in [0.1, 0.15) is 23.2 Å². The van der Waals surface area contributed by atoms with E-state index >= 15 is 0 Å². The maximum absolute atomic E-state index is 12.4. The minimum absolute atomic E-state index is 0.0622. The summed E-state index contributed by atoms with van der Waals surface area (Å²) >= 11 is 5.79. The first-order valence-electron chi connectivity index (χ1n) is 6.03. The third-order valence-electron chi connectivity index (χ3n) is 3.31. The Bertz CT molecular complexity index is 631. The van der Waals surface area contributed by atoms with Gasteiger partial charge in [-0.3, -0.25) is 0 Å². The summed E-state index contributed by atoms with van der Waals surface area (Å²) in [6.45, 7) is 0.103. The molecule has 6 nitrogen and oxygen atoms in total. The number of rotatable bonds is 4. The molecule has 0 spiro atoms. The van der Waals surface area contributed by atoms with Crippen LogP contribution in [0.15, 0.2) is 23.1 Å². The first-order chi connectivity index (χ1) is 9.37. The van der Waals surface area contributed by atoms with E-state index in [0.29, 0.717) is 19.4 Å². The highest BCUT2D eigenvalue weighted by molar-refractivity contribution is 7.89. The number of carbonyl (C=O) groups is 1. The van der Waals surface area contributed by atoms with Gasteiger partial charge in [-0.25, -0.2) is 13.2 Å². The summed E-state index contributed by atoms with van der Waals surface area (Å²) in [7, 11) is -3.77. The first kappa shape index (κ1) is 15.2. The SMILES string of the molecule is O=C(O)c1ccc(S(=O)(=O)N2CCCC2CO)cc1Cl. The zero-order chi connectivity index (χ0) is 14.9. The molecule has 0 saturated carbocycles. The van der Waals surface area contributed by atoms with E-state index in [2.05, 4.69) is 0 Å². The zero-order valence-corrected chi connectivity index (χ0v) is 12.1. The van der Waals surface area contributed by atoms with Crippen LogP contribution in [0.3, 0.4) is 0 Å². The van der Waals surface area contributed by atoms with Crippen LogP contribution in [0.2, 0.25) is 5.02 Å². The van der Waals surface area contributed by atoms with Crippen molar-refractivity contribution in [3.05, 3.63) is 28.8 Å². The predicted octanol–water partition coefficient (Wildman–Crippen LogP) is 1.18. The summed E-state index contributed by atoms with van der Waals surface area (Å²) in [4.78, 5) is 10.8. The van der Waals surface area contributed by atoms with Crippen LogP contribution in [-0.4, -0.2) is 48.1 Å². The Hall–Kier alpha value is -1.15. The molecule has 1 saturated heterocycles. The van der Waals surface area contributed by atoms with E-state index in [1.807, 2.05) is 0 Å². The van der Waals surface area contributed by atoms with Crippen LogP contribution in [0.5, 0.6) is 0 Å². The van der Waals surface area contributed by atoms with Gasteiger partial charge in [-0.05, 0) is 31.0 Å². The molecule has 0 amide bonds. The van der Waals surface area contributed by atoms with Crippen molar-refractivity contribution >= 4 is 27.6 Å². The molecule has 1 unspecified atom stereocenters. The number of hydrogen-bond donors (Lipinski definition) is 2. The molecule has 2 N–H and O–H groups in total. The number of sulfonamides is 1. The molecule has 1 heterocycles. The second-order valence-electron chi connectivity index (χ2n) is 4.54. The van der Waals surface area contributed by atoms with E-state index in [4.69, 9.17) is 16.7 Å². The fourth-order valence-electron chi connectivity index (χ4n) is 2.27. The first-order valence-corrected chi connectivity index (χ1v) is 7.85. The highest BCUT2D eigenvalue weighted by Gasteiger charge is 2.35. The molecule has 0 aliphatic carbocycles. The van der Waals surface area contributed by atoms with Crippen LogP contribution < -0.4 is 0 Å². The Morgan fingerprint density at radius 3 is 2.70 bits per heavy atom. The molecule has 20 heavy (non-hydrogen) atoms. The van der Waals surface area contributed by atoms with Gasteiger partial charge in [-0.1, -0.05) is 11.6 Å². The van der Waals surface area contributed by atoms with Crippen molar-refractivity contribution < 1.29 is 23.4 Å². The highest BCUT2D eigenvalue weighted by Crippen LogP contribution is 2.28. The van der Waals surface area contributed by atoms with E-state index in [1.165, 1.54) is 16.4 Å². The number of halogens is 1. The molecule has 2 rings (SSSR count). The summed E-state index contributed by atoms with van der Waals surface area (Å²) in [5, 5.41) is 18.0. The Balaban J connectivity index is 2.40. The van der Waals surface area contributed by atoms with Gasteiger partial charge in [-0.2, -0.15) is 4.31 Å². The normalized spacial score (nSPS) is 20.2. The number of aliphatic hydroxyl groups excluding tert-OH is 1. The van der Waals surface area contributed by atoms with E-state index in [1.54, 1.807) is 0 Å². The molecule has 1 aliphatic heterocycles. The van der Waals surface area contributed by atoms with Crippen molar-refractivity contribution in [2.45, 2.75) is 23.8 Å². The van der Waals surface area contributed by atoms with Crippen LogP contribution in [0.4, 0.5) is 0 Å². The fraction of sp³-hybridized carbons (Fsp3) is 0.417. The Morgan fingerprint density at radius 2 is 2.15 bits per heavy atom. The molecule has 0 bridgehead atoms. The van der Waals surface area contributed by atoms with Gasteiger partial charge in [-0.15, -0.1) is 0 Å². The van der Waals surface area contributed by atoms with Crippen LogP contribution >= 0.6 is 11.6 Å². The summed E-state index contributed by atoms with van der Waals surface area (Å²) in [6, 6.07) is 3.09. The second kappa shape index (κ2) is 5.69. The summed E-state index contributed by atoms with van der Waals surface area (Å²) in [5.74, 6) is -1.21. The van der Waals surface area contributed by atoms with E-state index in [-0.39, 0.29) is 22.1 Å². The van der Waals surface area contributed by atoms with Crippen molar-refractivity contribution in [2.24, 2.45) is 0 Å². The summed E-state index contributed by atoms with van der Waals surface area (Å²) < 4.78 is 26.1. The smallest absolute Gasteiger partial charge is 0.337 e. The quantitative estimate of drug-likeness (QED) is 0.869. The second-order valence-corrected chi connectivity index (χ2v) is 6.84. The van der Waals surface area contributed by atoms with Crippen molar-refractivity contribution in [2.75, 3.05) is 13.2 Å². The van der Waals surface area contributed by atoms with Gasteiger partial charge in [0, 0.05) is 12.6 Å². The lowest BCUT2D eigenvalue weighted by molar-refractivity contribution is 0.0697. The molecule has 1 aliphatic rings. The minimum atomic E-state index is -3.77. The lowest BCUT2D eigenvalue weighted by atomic mass is 10.2. The summed E-state index contributed by atoms with van der Waals surface area (Å²) in [6.07, 6.45) is 1.29. The van der Waals surface area contributed by atoms with Crippen molar-refractivity contribution in [3.63, 3.8) is 0 Å². The average Bonchev–Trinajstić information content (AvgIpc) is 2.87. The molecular formula is C12H14ClNO5S. The number of aliphatic hydroxyl groups is 1. The molecule has 0 aromatic heterocycles. The third-order valence-corrected chi connectivity index (χ3v) is 5.57. The lowest BCUT2D eigenvalue weighted by Gasteiger charge is -2.22. The van der Waals surface area contributed by atoms with Gasteiger partial charge in [0.15, 0.2) is 0 Å². The number of hydrogen-bond acceptors (Lipinski definition) is 4. The predicted molar refractivity (Wildman–Crippen MR) is 72.4 cm³/mol. The number of benzene rings is 1. The van der Waals surface area contributed by atoms with E-state index in [0.717, 1.165) is 6.07 Å². The largest absolute Gasteiger partial charge is 0.478 e.